The highest BCUT2D eigenvalue weighted by Crippen LogP contribution is 2.00. The van der Waals surface area contributed by atoms with Gasteiger partial charge >= 0.3 is 5.97 Å². The van der Waals surface area contributed by atoms with Gasteiger partial charge in [-0.1, -0.05) is 26.1 Å². The minimum Gasteiger partial charge on any atom is -0.480 e. The van der Waals surface area contributed by atoms with Crippen molar-refractivity contribution in [3.05, 3.63) is 0 Å². The van der Waals surface area contributed by atoms with E-state index in [4.69, 9.17) is 23.1 Å². The van der Waals surface area contributed by atoms with Gasteiger partial charge in [0, 0.05) is 4.86 Å². The third kappa shape index (κ3) is 2.41. The quantitative estimate of drug-likeness (QED) is 0.589. The molecule has 3 nitrogen and oxygen atoms in total. The Morgan fingerprint density at radius 2 is 2.00 bits per heavy atom. The van der Waals surface area contributed by atoms with Crippen LogP contribution >= 0.6 is 12.2 Å². The highest BCUT2D eigenvalue weighted by molar-refractivity contribution is 7.80. The van der Waals surface area contributed by atoms with Gasteiger partial charge in [0.25, 0.3) is 0 Å². The van der Waals surface area contributed by atoms with E-state index in [1.165, 1.54) is 0 Å². The fraction of sp³-hybridized carbons (Fsp3) is 0.667. The second-order valence-corrected chi connectivity index (χ2v) is 2.84. The summed E-state index contributed by atoms with van der Waals surface area (Å²) in [6, 6.07) is -0.991. The second kappa shape index (κ2) is 3.63. The van der Waals surface area contributed by atoms with Crippen LogP contribution in [-0.2, 0) is 4.79 Å². The molecule has 0 saturated heterocycles. The van der Waals surface area contributed by atoms with Crippen LogP contribution in [0.3, 0.4) is 0 Å². The molecule has 0 fully saturated rings. The standard InChI is InChI=1S/C6H11NO2S/c1-3(2)5(10)4(7)6(8)9/h3-4H,7H2,1-2H3,(H,8,9)/t4-/m0/s1. The van der Waals surface area contributed by atoms with Crippen molar-refractivity contribution in [2.45, 2.75) is 19.9 Å². The summed E-state index contributed by atoms with van der Waals surface area (Å²) in [6.07, 6.45) is 0. The number of nitrogens with two attached hydrogens (primary N) is 1. The predicted molar refractivity (Wildman–Crippen MR) is 43.0 cm³/mol. The van der Waals surface area contributed by atoms with Crippen LogP contribution in [0.15, 0.2) is 0 Å². The maximum Gasteiger partial charge on any atom is 0.325 e. The summed E-state index contributed by atoms with van der Waals surface area (Å²) in [5.74, 6) is -1.00. The molecule has 0 bridgehead atoms. The minimum absolute atomic E-state index is 0.0566. The Labute approximate surface area is 65.2 Å². The lowest BCUT2D eigenvalue weighted by Gasteiger charge is -2.10. The molecule has 0 radical (unpaired) electrons. The van der Waals surface area contributed by atoms with Crippen LogP contribution in [-0.4, -0.2) is 22.0 Å². The monoisotopic (exact) mass is 161 g/mol. The van der Waals surface area contributed by atoms with Crippen molar-refractivity contribution in [3.8, 4) is 0 Å². The molecule has 58 valence electrons. The van der Waals surface area contributed by atoms with Crippen LogP contribution in [0, 0.1) is 5.92 Å². The number of aliphatic carboxylic acids is 1. The van der Waals surface area contributed by atoms with E-state index in [0.29, 0.717) is 4.86 Å². The molecule has 10 heavy (non-hydrogen) atoms. The van der Waals surface area contributed by atoms with E-state index in [1.807, 2.05) is 13.8 Å². The minimum atomic E-state index is -1.06. The lowest BCUT2D eigenvalue weighted by Crippen LogP contribution is -2.39. The van der Waals surface area contributed by atoms with E-state index in [-0.39, 0.29) is 5.92 Å². The van der Waals surface area contributed by atoms with Crippen LogP contribution in [0.1, 0.15) is 13.8 Å². The van der Waals surface area contributed by atoms with Gasteiger partial charge in [-0.05, 0) is 5.92 Å². The highest BCUT2D eigenvalue weighted by atomic mass is 32.1. The zero-order valence-electron chi connectivity index (χ0n) is 6.00. The number of thiocarbonyl (C=S) groups is 1. The Bertz CT molecular complexity index is 156. The van der Waals surface area contributed by atoms with Crippen molar-refractivity contribution in [2.24, 2.45) is 11.7 Å². The summed E-state index contributed by atoms with van der Waals surface area (Å²) in [7, 11) is 0. The molecule has 3 N–H and O–H groups in total. The number of carbonyl (C=O) groups is 1. The Kier molecular flexibility index (Phi) is 3.46. The summed E-state index contributed by atoms with van der Waals surface area (Å²) in [5, 5.41) is 8.39. The molecular weight excluding hydrogens is 150 g/mol. The van der Waals surface area contributed by atoms with Crippen LogP contribution in [0.4, 0.5) is 0 Å². The molecule has 0 aliphatic carbocycles. The van der Waals surface area contributed by atoms with Crippen LogP contribution < -0.4 is 5.73 Å². The maximum absolute atomic E-state index is 10.2. The molecule has 0 aliphatic heterocycles. The molecule has 0 aromatic heterocycles. The third-order valence-electron chi connectivity index (χ3n) is 1.14. The molecule has 1 atom stereocenters. The van der Waals surface area contributed by atoms with Crippen molar-refractivity contribution in [1.82, 2.24) is 0 Å². The molecule has 0 spiro atoms. The summed E-state index contributed by atoms with van der Waals surface area (Å²) >= 11 is 4.77. The molecule has 0 unspecified atom stereocenters. The second-order valence-electron chi connectivity index (χ2n) is 2.37. The normalized spacial score (nSPS) is 13.2. The Morgan fingerprint density at radius 3 is 2.10 bits per heavy atom. The van der Waals surface area contributed by atoms with Crippen LogP contribution in [0.25, 0.3) is 0 Å². The van der Waals surface area contributed by atoms with E-state index >= 15 is 0 Å². The zero-order chi connectivity index (χ0) is 8.31. The van der Waals surface area contributed by atoms with Gasteiger partial charge in [0.2, 0.25) is 0 Å². The van der Waals surface area contributed by atoms with Gasteiger partial charge in [-0.2, -0.15) is 0 Å². The predicted octanol–water partition coefficient (Wildman–Crippen LogP) is 0.424. The van der Waals surface area contributed by atoms with E-state index in [1.54, 1.807) is 0 Å². The molecular formula is C6H11NO2S. The van der Waals surface area contributed by atoms with Crippen molar-refractivity contribution in [1.29, 1.82) is 0 Å². The number of hydrogen-bond donors (Lipinski definition) is 2. The summed E-state index contributed by atoms with van der Waals surface area (Å²) in [6.45, 7) is 3.65. The van der Waals surface area contributed by atoms with Gasteiger partial charge in [0.1, 0.15) is 6.04 Å². The topological polar surface area (TPSA) is 63.3 Å². The number of carboxylic acids is 1. The van der Waals surface area contributed by atoms with Crippen LogP contribution in [0.2, 0.25) is 0 Å². The number of hydrogen-bond acceptors (Lipinski definition) is 3. The number of rotatable bonds is 3. The summed E-state index contributed by atoms with van der Waals surface area (Å²) < 4.78 is 0. The summed E-state index contributed by atoms with van der Waals surface area (Å²) in [5.41, 5.74) is 5.22. The molecule has 4 heteroatoms. The lowest BCUT2D eigenvalue weighted by atomic mass is 10.0. The van der Waals surface area contributed by atoms with E-state index in [2.05, 4.69) is 0 Å². The molecule has 0 heterocycles. The largest absolute Gasteiger partial charge is 0.480 e. The van der Waals surface area contributed by atoms with Crippen molar-refractivity contribution in [3.63, 3.8) is 0 Å². The van der Waals surface area contributed by atoms with Crippen molar-refractivity contribution < 1.29 is 9.90 Å². The number of carboxylic acid groups (broad SMARTS) is 1. The average Bonchev–Trinajstić information content (AvgIpc) is 1.84. The Hall–Kier alpha value is -0.480. The third-order valence-corrected chi connectivity index (χ3v) is 1.87. The van der Waals surface area contributed by atoms with Crippen LogP contribution in [0.5, 0.6) is 0 Å². The molecule has 0 saturated carbocycles. The zero-order valence-corrected chi connectivity index (χ0v) is 6.81. The van der Waals surface area contributed by atoms with Gasteiger partial charge in [-0.25, -0.2) is 0 Å². The average molecular weight is 161 g/mol. The lowest BCUT2D eigenvalue weighted by molar-refractivity contribution is -0.136. The molecule has 0 rings (SSSR count). The maximum atomic E-state index is 10.2. The van der Waals surface area contributed by atoms with Gasteiger partial charge in [-0.15, -0.1) is 0 Å². The molecule has 0 aromatic rings. The molecule has 0 aliphatic rings. The Morgan fingerprint density at radius 1 is 1.60 bits per heavy atom. The SMILES string of the molecule is CC(C)C(=S)[C@H](N)C(=O)O. The van der Waals surface area contributed by atoms with Crippen molar-refractivity contribution >= 4 is 23.1 Å². The van der Waals surface area contributed by atoms with E-state index in [9.17, 15) is 4.79 Å². The molecule has 0 aromatic carbocycles. The molecule has 0 amide bonds. The first-order valence-electron chi connectivity index (χ1n) is 2.99. The Balaban J connectivity index is 4.08. The fourth-order valence-electron chi connectivity index (χ4n) is 0.481. The highest BCUT2D eigenvalue weighted by Gasteiger charge is 2.18. The van der Waals surface area contributed by atoms with Gasteiger partial charge < -0.3 is 10.8 Å². The summed E-state index contributed by atoms with van der Waals surface area (Å²) in [4.78, 5) is 10.6. The smallest absolute Gasteiger partial charge is 0.325 e. The van der Waals surface area contributed by atoms with Crippen molar-refractivity contribution in [2.75, 3.05) is 0 Å². The first kappa shape index (κ1) is 9.52. The fourth-order valence-corrected chi connectivity index (χ4v) is 0.582. The van der Waals surface area contributed by atoms with E-state index in [0.717, 1.165) is 0 Å². The first-order chi connectivity index (χ1) is 4.46. The van der Waals surface area contributed by atoms with Gasteiger partial charge in [0.05, 0.1) is 0 Å². The van der Waals surface area contributed by atoms with Gasteiger partial charge in [-0.3, -0.25) is 4.79 Å². The van der Waals surface area contributed by atoms with Gasteiger partial charge in [0.15, 0.2) is 0 Å². The first-order valence-corrected chi connectivity index (χ1v) is 3.39. The van der Waals surface area contributed by atoms with E-state index < -0.39 is 12.0 Å².